The lowest BCUT2D eigenvalue weighted by Gasteiger charge is -2.19. The van der Waals surface area contributed by atoms with Crippen LogP contribution in [0.4, 0.5) is 0 Å². The fourth-order valence-corrected chi connectivity index (χ4v) is 9.21. The van der Waals surface area contributed by atoms with Crippen LogP contribution in [0.25, 0.3) is 55.2 Å². The number of pyridine rings is 1. The van der Waals surface area contributed by atoms with Gasteiger partial charge in [0.2, 0.25) is 9.84 Å². The number of para-hydroxylation sites is 1. The highest BCUT2D eigenvalue weighted by Crippen LogP contribution is 2.47. The Labute approximate surface area is 212 Å². The Hall–Kier alpha value is -4.27. The lowest BCUT2D eigenvalue weighted by atomic mass is 9.98. The monoisotopic (exact) mass is 520 g/mol. The highest BCUT2D eigenvalue weighted by Gasteiger charge is 2.34. The minimum atomic E-state index is -3.83. The normalized spacial score (nSPS) is 15.9. The van der Waals surface area contributed by atoms with E-state index in [1.54, 1.807) is 30.5 Å². The number of benzene rings is 4. The Kier molecular flexibility index (Phi) is 3.80. The van der Waals surface area contributed by atoms with Gasteiger partial charge < -0.3 is 0 Å². The van der Waals surface area contributed by atoms with E-state index < -0.39 is 19.9 Å². The molecule has 6 aromatic rings. The first-order valence-electron chi connectivity index (χ1n) is 11.6. The Balaban J connectivity index is 1.39. The third-order valence-corrected chi connectivity index (χ3v) is 11.0. The van der Waals surface area contributed by atoms with Crippen molar-refractivity contribution in [3.05, 3.63) is 97.3 Å². The molecule has 8 heteroatoms. The predicted octanol–water partition coefficient (Wildman–Crippen LogP) is 5.89. The minimum Gasteiger partial charge on any atom is -0.264 e. The second kappa shape index (κ2) is 6.73. The summed E-state index contributed by atoms with van der Waals surface area (Å²) in [6, 6.07) is 25.4. The highest BCUT2D eigenvalue weighted by atomic mass is 32.2. The van der Waals surface area contributed by atoms with Gasteiger partial charge in [0.1, 0.15) is 0 Å². The molecule has 0 N–H and O–H groups in total. The van der Waals surface area contributed by atoms with Gasteiger partial charge in [-0.15, -0.1) is 0 Å². The molecule has 0 saturated heterocycles. The molecule has 0 fully saturated rings. The van der Waals surface area contributed by atoms with E-state index in [2.05, 4.69) is 4.98 Å². The summed E-state index contributed by atoms with van der Waals surface area (Å²) < 4.78 is 55.3. The Morgan fingerprint density at radius 2 is 1.35 bits per heavy atom. The van der Waals surface area contributed by atoms with Crippen molar-refractivity contribution in [1.82, 2.24) is 8.96 Å². The standard InChI is InChI=1S/C29H16N2O4S2/c32-36(33)26-7-2-1-4-19(26)20-10-8-18(15-28(20)36)17-9-11-25-23(14-17)21-5-3-6-22-24-16-30-13-12-27(24)37(34,35)31(25)29(21)22/h1-16H. The summed E-state index contributed by atoms with van der Waals surface area (Å²) in [7, 11) is -7.43. The average Bonchev–Trinajstić information content (AvgIpc) is 3.38. The summed E-state index contributed by atoms with van der Waals surface area (Å²) in [5.74, 6) is 0. The van der Waals surface area contributed by atoms with Crippen molar-refractivity contribution < 1.29 is 16.8 Å². The van der Waals surface area contributed by atoms with Gasteiger partial charge in [0.05, 0.1) is 25.7 Å². The van der Waals surface area contributed by atoms with Crippen molar-refractivity contribution in [1.29, 1.82) is 0 Å². The molecule has 8 rings (SSSR count). The van der Waals surface area contributed by atoms with Gasteiger partial charge >= 0.3 is 0 Å². The van der Waals surface area contributed by atoms with Crippen LogP contribution in [0.1, 0.15) is 0 Å². The molecule has 2 aliphatic heterocycles. The van der Waals surface area contributed by atoms with Crippen LogP contribution in [0.3, 0.4) is 0 Å². The summed E-state index contributed by atoms with van der Waals surface area (Å²) in [5, 5.41) is 1.60. The number of hydrogen-bond acceptors (Lipinski definition) is 5. The van der Waals surface area contributed by atoms with Crippen molar-refractivity contribution >= 4 is 41.7 Å². The van der Waals surface area contributed by atoms with Crippen LogP contribution < -0.4 is 0 Å². The first kappa shape index (κ1) is 20.9. The maximum Gasteiger partial charge on any atom is 0.269 e. The van der Waals surface area contributed by atoms with Gasteiger partial charge in [0, 0.05) is 45.4 Å². The minimum absolute atomic E-state index is 0.229. The molecular weight excluding hydrogens is 504 g/mol. The molecule has 37 heavy (non-hydrogen) atoms. The molecule has 6 nitrogen and oxygen atoms in total. The van der Waals surface area contributed by atoms with Crippen LogP contribution in [0, 0.1) is 0 Å². The highest BCUT2D eigenvalue weighted by molar-refractivity contribution is 7.92. The van der Waals surface area contributed by atoms with E-state index >= 15 is 0 Å². The molecular formula is C29H16N2O4S2. The maximum absolute atomic E-state index is 13.7. The molecule has 0 aliphatic carbocycles. The lowest BCUT2D eigenvalue weighted by Crippen LogP contribution is -2.17. The second-order valence-electron chi connectivity index (χ2n) is 9.29. The summed E-state index contributed by atoms with van der Waals surface area (Å²) >= 11 is 0. The van der Waals surface area contributed by atoms with Crippen molar-refractivity contribution in [2.24, 2.45) is 0 Å². The van der Waals surface area contributed by atoms with Crippen LogP contribution in [0.15, 0.2) is 112 Å². The van der Waals surface area contributed by atoms with Crippen LogP contribution >= 0.6 is 0 Å². The molecule has 0 saturated carbocycles. The number of aromatic nitrogens is 2. The van der Waals surface area contributed by atoms with E-state index in [4.69, 9.17) is 0 Å². The van der Waals surface area contributed by atoms with E-state index in [9.17, 15) is 16.8 Å². The SMILES string of the molecule is O=S1(=O)c2ccccc2-c2ccc(-c3ccc4c(c3)c3cccc5c3n4S(=O)(=O)c3ccncc3-5)cc21. The van der Waals surface area contributed by atoms with Gasteiger partial charge in [0.25, 0.3) is 10.0 Å². The molecule has 0 atom stereocenters. The van der Waals surface area contributed by atoms with Gasteiger partial charge in [-0.3, -0.25) is 4.98 Å². The average molecular weight is 521 g/mol. The molecule has 0 spiro atoms. The van der Waals surface area contributed by atoms with Crippen LogP contribution in [0.2, 0.25) is 0 Å². The fraction of sp³-hybridized carbons (Fsp3) is 0. The van der Waals surface area contributed by atoms with E-state index in [1.165, 1.54) is 16.2 Å². The van der Waals surface area contributed by atoms with Crippen molar-refractivity contribution in [2.45, 2.75) is 14.7 Å². The van der Waals surface area contributed by atoms with Crippen LogP contribution in [-0.2, 0) is 19.9 Å². The molecule has 0 unspecified atom stereocenters. The van der Waals surface area contributed by atoms with Crippen molar-refractivity contribution in [2.75, 3.05) is 0 Å². The quantitative estimate of drug-likeness (QED) is 0.270. The van der Waals surface area contributed by atoms with E-state index in [0.29, 0.717) is 37.5 Å². The van der Waals surface area contributed by atoms with E-state index in [0.717, 1.165) is 27.5 Å². The molecule has 0 amide bonds. The summed E-state index contributed by atoms with van der Waals surface area (Å²) in [5.41, 5.74) is 5.58. The van der Waals surface area contributed by atoms with Gasteiger partial charge in [-0.2, -0.15) is 0 Å². The predicted molar refractivity (Wildman–Crippen MR) is 142 cm³/mol. The van der Waals surface area contributed by atoms with Crippen LogP contribution in [0.5, 0.6) is 0 Å². The Bertz CT molecular complexity index is 2230. The van der Waals surface area contributed by atoms with E-state index in [1.807, 2.05) is 54.6 Å². The third-order valence-electron chi connectivity index (χ3n) is 7.41. The van der Waals surface area contributed by atoms with Crippen LogP contribution in [-0.4, -0.2) is 25.8 Å². The van der Waals surface area contributed by atoms with Gasteiger partial charge in [-0.25, -0.2) is 20.8 Å². The van der Waals surface area contributed by atoms with E-state index in [-0.39, 0.29) is 4.90 Å². The molecule has 0 bridgehead atoms. The number of sulfone groups is 1. The molecule has 2 aliphatic rings. The molecule has 178 valence electrons. The number of hydrogen-bond donors (Lipinski definition) is 0. The zero-order valence-corrected chi connectivity index (χ0v) is 20.7. The smallest absolute Gasteiger partial charge is 0.264 e. The number of nitrogens with zero attached hydrogens (tertiary/aromatic N) is 2. The topological polar surface area (TPSA) is 86.1 Å². The third kappa shape index (κ3) is 2.51. The number of rotatable bonds is 1. The molecule has 4 heterocycles. The Morgan fingerprint density at radius 3 is 2.24 bits per heavy atom. The zero-order valence-electron chi connectivity index (χ0n) is 19.1. The maximum atomic E-state index is 13.7. The van der Waals surface area contributed by atoms with Gasteiger partial charge in [-0.05, 0) is 41.5 Å². The zero-order chi connectivity index (χ0) is 25.1. The summed E-state index contributed by atoms with van der Waals surface area (Å²) in [6.45, 7) is 0. The number of fused-ring (bicyclic) bond motifs is 8. The lowest BCUT2D eigenvalue weighted by molar-refractivity contribution is 0.589. The van der Waals surface area contributed by atoms with Gasteiger partial charge in [0.15, 0.2) is 0 Å². The van der Waals surface area contributed by atoms with Gasteiger partial charge in [-0.1, -0.05) is 54.6 Å². The molecule has 2 aromatic heterocycles. The summed E-state index contributed by atoms with van der Waals surface area (Å²) in [6.07, 6.45) is 3.09. The first-order chi connectivity index (χ1) is 17.9. The second-order valence-corrected chi connectivity index (χ2v) is 12.9. The van der Waals surface area contributed by atoms with Crippen molar-refractivity contribution in [3.63, 3.8) is 0 Å². The first-order valence-corrected chi connectivity index (χ1v) is 14.6. The van der Waals surface area contributed by atoms with Crippen molar-refractivity contribution in [3.8, 4) is 33.4 Å². The summed E-state index contributed by atoms with van der Waals surface area (Å²) in [4.78, 5) is 5.01. The fourth-order valence-electron chi connectivity index (χ4n) is 5.77. The Morgan fingerprint density at radius 1 is 0.595 bits per heavy atom. The molecule has 4 aromatic carbocycles. The molecule has 0 radical (unpaired) electrons. The largest absolute Gasteiger partial charge is 0.269 e.